The summed E-state index contributed by atoms with van der Waals surface area (Å²) in [4.78, 5) is 15.0. The Labute approximate surface area is 178 Å². The summed E-state index contributed by atoms with van der Waals surface area (Å²) in [6, 6.07) is 6.58. The fourth-order valence-corrected chi connectivity index (χ4v) is 4.27. The van der Waals surface area contributed by atoms with Crippen molar-refractivity contribution in [3.63, 3.8) is 0 Å². The minimum Gasteiger partial charge on any atom is -0.455 e. The van der Waals surface area contributed by atoms with E-state index in [1.165, 1.54) is 0 Å². The molecule has 0 spiro atoms. The number of sulfonamides is 1. The van der Waals surface area contributed by atoms with Gasteiger partial charge in [0.25, 0.3) is 15.9 Å². The Hall–Kier alpha value is -2.61. The molecule has 1 aromatic heterocycles. The van der Waals surface area contributed by atoms with Gasteiger partial charge >= 0.3 is 0 Å². The Kier molecular flexibility index (Phi) is 6.65. The highest BCUT2D eigenvalue weighted by Crippen LogP contribution is 2.30. The third-order valence-electron chi connectivity index (χ3n) is 5.17. The molecule has 162 valence electrons. The molecule has 30 heavy (non-hydrogen) atoms. The average molecular weight is 432 g/mol. The maximum atomic E-state index is 12.6. The van der Waals surface area contributed by atoms with E-state index in [0.29, 0.717) is 42.3 Å². The second-order valence-corrected chi connectivity index (χ2v) is 9.77. The molecule has 0 fully saturated rings. The van der Waals surface area contributed by atoms with E-state index in [1.807, 2.05) is 13.8 Å². The standard InChI is InChI=1S/C22H29N3O4S/c1-14(2)12-13-23-22(26)21-16(4)20-18(6-5-7-19(20)29-21)24-25-30(27,28)17-10-8-15(3)9-11-17/h8-11,14,25H,5-7,12-13H2,1-4H3,(H,23,26)/b24-18+. The molecule has 0 radical (unpaired) electrons. The summed E-state index contributed by atoms with van der Waals surface area (Å²) >= 11 is 0. The van der Waals surface area contributed by atoms with Gasteiger partial charge in [0.05, 0.1) is 10.6 Å². The normalized spacial score (nSPS) is 15.3. The molecule has 0 atom stereocenters. The van der Waals surface area contributed by atoms with E-state index >= 15 is 0 Å². The SMILES string of the molecule is Cc1ccc(S(=O)(=O)N/N=C2\CCCc3oc(C(=O)NCCC(C)C)c(C)c32)cc1. The summed E-state index contributed by atoms with van der Waals surface area (Å²) in [6.45, 7) is 8.49. The van der Waals surface area contributed by atoms with E-state index < -0.39 is 10.0 Å². The molecule has 3 rings (SSSR count). The summed E-state index contributed by atoms with van der Waals surface area (Å²) < 4.78 is 31.0. The van der Waals surface area contributed by atoms with Crippen molar-refractivity contribution in [3.05, 3.63) is 52.5 Å². The Morgan fingerprint density at radius 1 is 1.17 bits per heavy atom. The van der Waals surface area contributed by atoms with Crippen molar-refractivity contribution in [2.24, 2.45) is 11.0 Å². The van der Waals surface area contributed by atoms with Crippen LogP contribution in [0.25, 0.3) is 0 Å². The Bertz CT molecular complexity index is 1050. The zero-order valence-corrected chi connectivity index (χ0v) is 18.7. The molecule has 1 aliphatic rings. The summed E-state index contributed by atoms with van der Waals surface area (Å²) in [6.07, 6.45) is 2.97. The lowest BCUT2D eigenvalue weighted by molar-refractivity contribution is 0.0921. The van der Waals surface area contributed by atoms with E-state index in [2.05, 4.69) is 29.1 Å². The zero-order valence-electron chi connectivity index (χ0n) is 17.9. The van der Waals surface area contributed by atoms with Crippen molar-refractivity contribution in [3.8, 4) is 0 Å². The van der Waals surface area contributed by atoms with Crippen LogP contribution >= 0.6 is 0 Å². The lowest BCUT2D eigenvalue weighted by Crippen LogP contribution is -2.25. The first-order valence-corrected chi connectivity index (χ1v) is 11.7. The molecule has 2 aromatic rings. The number of rotatable bonds is 7. The number of hydrogen-bond acceptors (Lipinski definition) is 5. The van der Waals surface area contributed by atoms with Crippen molar-refractivity contribution < 1.29 is 17.6 Å². The molecular formula is C22H29N3O4S. The molecule has 1 aromatic carbocycles. The van der Waals surface area contributed by atoms with Crippen LogP contribution in [0.4, 0.5) is 0 Å². The second kappa shape index (κ2) is 9.04. The van der Waals surface area contributed by atoms with Gasteiger partial charge in [-0.3, -0.25) is 4.79 Å². The van der Waals surface area contributed by atoms with Crippen molar-refractivity contribution in [2.75, 3.05) is 6.54 Å². The first kappa shape index (κ1) is 22.1. The van der Waals surface area contributed by atoms with Gasteiger partial charge in [-0.2, -0.15) is 18.4 Å². The minimum atomic E-state index is -3.77. The second-order valence-electron chi connectivity index (χ2n) is 8.11. The van der Waals surface area contributed by atoms with Crippen LogP contribution in [-0.2, 0) is 16.4 Å². The molecule has 1 heterocycles. The van der Waals surface area contributed by atoms with Gasteiger partial charge in [-0.1, -0.05) is 31.5 Å². The van der Waals surface area contributed by atoms with Crippen molar-refractivity contribution >= 4 is 21.6 Å². The average Bonchev–Trinajstić information content (AvgIpc) is 3.04. The van der Waals surface area contributed by atoms with Gasteiger partial charge < -0.3 is 9.73 Å². The molecule has 1 amide bonds. The summed E-state index contributed by atoms with van der Waals surface area (Å²) in [7, 11) is -3.77. The van der Waals surface area contributed by atoms with Crippen LogP contribution in [0.3, 0.4) is 0 Å². The number of carbonyl (C=O) groups excluding carboxylic acids is 1. The fourth-order valence-electron chi connectivity index (χ4n) is 3.44. The molecule has 0 unspecified atom stereocenters. The predicted molar refractivity (Wildman–Crippen MR) is 116 cm³/mol. The smallest absolute Gasteiger partial charge is 0.287 e. The van der Waals surface area contributed by atoms with Gasteiger partial charge in [0.2, 0.25) is 0 Å². The maximum absolute atomic E-state index is 12.6. The van der Waals surface area contributed by atoms with Crippen LogP contribution in [0.5, 0.6) is 0 Å². The molecule has 0 saturated carbocycles. The number of carbonyl (C=O) groups is 1. The number of furan rings is 1. The molecular weight excluding hydrogens is 402 g/mol. The maximum Gasteiger partial charge on any atom is 0.287 e. The lowest BCUT2D eigenvalue weighted by atomic mass is 9.93. The van der Waals surface area contributed by atoms with Gasteiger partial charge in [-0.05, 0) is 51.2 Å². The van der Waals surface area contributed by atoms with Gasteiger partial charge in [0.1, 0.15) is 5.76 Å². The fraction of sp³-hybridized carbons (Fsp3) is 0.455. The van der Waals surface area contributed by atoms with Crippen molar-refractivity contribution in [1.29, 1.82) is 0 Å². The molecule has 0 bridgehead atoms. The highest BCUT2D eigenvalue weighted by molar-refractivity contribution is 7.89. The van der Waals surface area contributed by atoms with Crippen molar-refractivity contribution in [2.45, 2.75) is 58.3 Å². The summed E-state index contributed by atoms with van der Waals surface area (Å²) in [5.41, 5.74) is 3.00. The number of fused-ring (bicyclic) bond motifs is 1. The number of amides is 1. The van der Waals surface area contributed by atoms with E-state index in [1.54, 1.807) is 24.3 Å². The van der Waals surface area contributed by atoms with E-state index in [0.717, 1.165) is 24.0 Å². The topological polar surface area (TPSA) is 101 Å². The Balaban J connectivity index is 1.82. The quantitative estimate of drug-likeness (QED) is 0.653. The van der Waals surface area contributed by atoms with E-state index in [-0.39, 0.29) is 16.6 Å². The summed E-state index contributed by atoms with van der Waals surface area (Å²) in [5, 5.41) is 7.09. The third kappa shape index (κ3) is 4.92. The highest BCUT2D eigenvalue weighted by Gasteiger charge is 2.28. The Morgan fingerprint density at radius 2 is 1.87 bits per heavy atom. The van der Waals surface area contributed by atoms with Gasteiger partial charge in [0.15, 0.2) is 5.76 Å². The number of nitrogens with zero attached hydrogens (tertiary/aromatic N) is 1. The Morgan fingerprint density at radius 3 is 2.53 bits per heavy atom. The van der Waals surface area contributed by atoms with Crippen LogP contribution in [0, 0.1) is 19.8 Å². The number of nitrogens with one attached hydrogen (secondary N) is 2. The van der Waals surface area contributed by atoms with Crippen LogP contribution in [0.1, 0.15) is 66.1 Å². The highest BCUT2D eigenvalue weighted by atomic mass is 32.2. The van der Waals surface area contributed by atoms with Crippen LogP contribution < -0.4 is 10.1 Å². The van der Waals surface area contributed by atoms with Crippen molar-refractivity contribution in [1.82, 2.24) is 10.1 Å². The third-order valence-corrected chi connectivity index (χ3v) is 6.40. The lowest BCUT2D eigenvalue weighted by Gasteiger charge is -2.14. The molecule has 8 heteroatoms. The van der Waals surface area contributed by atoms with Crippen LogP contribution in [-0.4, -0.2) is 26.6 Å². The first-order valence-electron chi connectivity index (χ1n) is 10.2. The van der Waals surface area contributed by atoms with Crippen LogP contribution in [0.2, 0.25) is 0 Å². The molecule has 0 aliphatic heterocycles. The van der Waals surface area contributed by atoms with Gasteiger partial charge in [-0.25, -0.2) is 0 Å². The molecule has 7 nitrogen and oxygen atoms in total. The zero-order chi connectivity index (χ0) is 21.9. The largest absolute Gasteiger partial charge is 0.455 e. The molecule has 2 N–H and O–H groups in total. The van der Waals surface area contributed by atoms with Gasteiger partial charge in [0, 0.05) is 24.1 Å². The van der Waals surface area contributed by atoms with Crippen LogP contribution in [0.15, 0.2) is 38.7 Å². The number of aryl methyl sites for hydroxylation is 2. The minimum absolute atomic E-state index is 0.155. The monoisotopic (exact) mass is 431 g/mol. The predicted octanol–water partition coefficient (Wildman–Crippen LogP) is 3.69. The molecule has 1 aliphatic carbocycles. The number of hydrogen-bond donors (Lipinski definition) is 2. The number of benzene rings is 1. The number of hydrazone groups is 1. The summed E-state index contributed by atoms with van der Waals surface area (Å²) in [5.74, 6) is 1.21. The molecule has 0 saturated heterocycles. The van der Waals surface area contributed by atoms with E-state index in [9.17, 15) is 13.2 Å². The first-order chi connectivity index (χ1) is 14.2. The van der Waals surface area contributed by atoms with Gasteiger partial charge in [-0.15, -0.1) is 0 Å². The van der Waals surface area contributed by atoms with E-state index in [4.69, 9.17) is 4.42 Å².